The smallest absolute Gasteiger partial charge is 0.228 e. The first-order valence-corrected chi connectivity index (χ1v) is 5.74. The molecule has 1 aromatic heterocycles. The predicted octanol–water partition coefficient (Wildman–Crippen LogP) is 4.26. The van der Waals surface area contributed by atoms with Crippen molar-refractivity contribution in [1.29, 1.82) is 0 Å². The van der Waals surface area contributed by atoms with Crippen molar-refractivity contribution >= 4 is 44.9 Å². The second kappa shape index (κ2) is 4.00. The van der Waals surface area contributed by atoms with Gasteiger partial charge in [0, 0.05) is 0 Å². The van der Waals surface area contributed by atoms with Crippen LogP contribution in [0.2, 0.25) is 5.02 Å². The van der Waals surface area contributed by atoms with Gasteiger partial charge in [-0.25, -0.2) is 4.98 Å². The third-order valence-electron chi connectivity index (χ3n) is 1.54. The van der Waals surface area contributed by atoms with Crippen molar-refractivity contribution in [2.24, 2.45) is 0 Å². The first kappa shape index (κ1) is 10.1. The van der Waals surface area contributed by atoms with Crippen LogP contribution in [0.15, 0.2) is 22.5 Å². The van der Waals surface area contributed by atoms with Crippen molar-refractivity contribution in [1.82, 2.24) is 4.98 Å². The molecule has 2 aromatic rings. The van der Waals surface area contributed by atoms with Gasteiger partial charge in [-0.15, -0.1) is 11.3 Å². The molecule has 1 aromatic carbocycles. The molecule has 1 nitrogen and oxygen atoms in total. The number of rotatable bonds is 2. The first-order chi connectivity index (χ1) is 6.66. The molecule has 0 N–H and O–H groups in total. The van der Waals surface area contributed by atoms with Crippen molar-refractivity contribution in [3.05, 3.63) is 23.2 Å². The minimum Gasteiger partial charge on any atom is -0.228 e. The molecular formula is C8H4ClF2NS2. The third-order valence-corrected chi connectivity index (χ3v) is 3.67. The molecule has 0 spiro atoms. The van der Waals surface area contributed by atoms with E-state index in [1.165, 1.54) is 11.3 Å². The zero-order chi connectivity index (χ0) is 10.1. The van der Waals surface area contributed by atoms with E-state index >= 15 is 0 Å². The summed E-state index contributed by atoms with van der Waals surface area (Å²) < 4.78 is 25.3. The number of thioether (sulfide) groups is 1. The summed E-state index contributed by atoms with van der Waals surface area (Å²) in [6.45, 7) is 0. The van der Waals surface area contributed by atoms with E-state index in [-0.39, 0.29) is 0 Å². The Labute approximate surface area is 92.1 Å². The van der Waals surface area contributed by atoms with Crippen molar-refractivity contribution in [2.45, 2.75) is 10.1 Å². The van der Waals surface area contributed by atoms with Gasteiger partial charge >= 0.3 is 0 Å². The molecule has 0 fully saturated rings. The standard InChI is InChI=1S/C8H4ClF2NS2/c9-4-2-1-3-5-6(4)12-8(13-5)14-7(10)11/h1-3,7H. The lowest BCUT2D eigenvalue weighted by Gasteiger charge is -1.90. The fourth-order valence-electron chi connectivity index (χ4n) is 1.02. The number of alkyl halides is 2. The number of aromatic nitrogens is 1. The highest BCUT2D eigenvalue weighted by Gasteiger charge is 2.11. The molecule has 1 heterocycles. The van der Waals surface area contributed by atoms with Crippen LogP contribution >= 0.6 is 34.7 Å². The van der Waals surface area contributed by atoms with Crippen LogP contribution in [0.4, 0.5) is 8.78 Å². The summed E-state index contributed by atoms with van der Waals surface area (Å²) in [7, 11) is 0. The molecular weight excluding hydrogens is 248 g/mol. The monoisotopic (exact) mass is 251 g/mol. The molecule has 0 radical (unpaired) electrons. The van der Waals surface area contributed by atoms with Crippen LogP contribution in [-0.4, -0.2) is 10.7 Å². The Morgan fingerprint density at radius 3 is 2.86 bits per heavy atom. The lowest BCUT2D eigenvalue weighted by molar-refractivity contribution is 0.252. The molecule has 0 saturated carbocycles. The Hall–Kier alpha value is -0.390. The number of benzene rings is 1. The number of nitrogens with zero attached hydrogens (tertiary/aromatic N) is 1. The summed E-state index contributed by atoms with van der Waals surface area (Å²) in [6.07, 6.45) is 0. The SMILES string of the molecule is FC(F)Sc1nc2c(Cl)cccc2s1. The van der Waals surface area contributed by atoms with Crippen LogP contribution in [0.3, 0.4) is 0 Å². The van der Waals surface area contributed by atoms with Gasteiger partial charge in [0.2, 0.25) is 0 Å². The van der Waals surface area contributed by atoms with Crippen molar-refractivity contribution in [3.8, 4) is 0 Å². The molecule has 6 heteroatoms. The molecule has 14 heavy (non-hydrogen) atoms. The van der Waals surface area contributed by atoms with Gasteiger partial charge in [0.25, 0.3) is 5.76 Å². The van der Waals surface area contributed by atoms with E-state index in [1.807, 2.05) is 6.07 Å². The summed E-state index contributed by atoms with van der Waals surface area (Å²) >= 11 is 7.53. The van der Waals surface area contributed by atoms with Gasteiger partial charge in [-0.3, -0.25) is 0 Å². The van der Waals surface area contributed by atoms with Crippen molar-refractivity contribution < 1.29 is 8.78 Å². The highest BCUT2D eigenvalue weighted by molar-refractivity contribution is 8.01. The molecule has 0 amide bonds. The molecule has 74 valence electrons. The van der Waals surface area contributed by atoms with Crippen LogP contribution in [0.25, 0.3) is 10.2 Å². The molecule has 0 unspecified atom stereocenters. The number of halogens is 3. The highest BCUT2D eigenvalue weighted by atomic mass is 35.5. The van der Waals surface area contributed by atoms with Crippen molar-refractivity contribution in [2.75, 3.05) is 0 Å². The van der Waals surface area contributed by atoms with E-state index < -0.39 is 5.76 Å². The minimum absolute atomic E-state index is 0.350. The van der Waals surface area contributed by atoms with Gasteiger partial charge < -0.3 is 0 Å². The van der Waals surface area contributed by atoms with E-state index in [2.05, 4.69) is 4.98 Å². The molecule has 0 aliphatic carbocycles. The largest absolute Gasteiger partial charge is 0.291 e. The number of thiazole rings is 1. The fourth-order valence-corrected chi connectivity index (χ4v) is 2.99. The lowest BCUT2D eigenvalue weighted by atomic mass is 10.3. The number of fused-ring (bicyclic) bond motifs is 1. The number of para-hydroxylation sites is 1. The second-order valence-electron chi connectivity index (χ2n) is 2.44. The van der Waals surface area contributed by atoms with E-state index in [9.17, 15) is 8.78 Å². The van der Waals surface area contributed by atoms with Crippen LogP contribution in [0, 0.1) is 0 Å². The Balaban J connectivity index is 2.46. The van der Waals surface area contributed by atoms with Crippen LogP contribution < -0.4 is 0 Å². The van der Waals surface area contributed by atoms with Gasteiger partial charge in [0.05, 0.1) is 9.72 Å². The average molecular weight is 252 g/mol. The Morgan fingerprint density at radius 2 is 2.21 bits per heavy atom. The van der Waals surface area contributed by atoms with Crippen LogP contribution in [0.1, 0.15) is 0 Å². The van der Waals surface area contributed by atoms with Gasteiger partial charge in [-0.1, -0.05) is 17.7 Å². The van der Waals surface area contributed by atoms with E-state index in [0.29, 0.717) is 26.6 Å². The number of hydrogen-bond donors (Lipinski definition) is 0. The molecule has 0 aliphatic heterocycles. The van der Waals surface area contributed by atoms with Gasteiger partial charge in [-0.2, -0.15) is 8.78 Å². The van der Waals surface area contributed by atoms with Gasteiger partial charge in [0.15, 0.2) is 4.34 Å². The lowest BCUT2D eigenvalue weighted by Crippen LogP contribution is -1.79. The topological polar surface area (TPSA) is 12.9 Å². The molecule has 0 atom stereocenters. The first-order valence-electron chi connectivity index (χ1n) is 3.66. The summed E-state index contributed by atoms with van der Waals surface area (Å²) in [4.78, 5) is 4.02. The normalized spacial score (nSPS) is 11.4. The van der Waals surface area contributed by atoms with Crippen LogP contribution in [-0.2, 0) is 0 Å². The Morgan fingerprint density at radius 1 is 1.43 bits per heavy atom. The van der Waals surface area contributed by atoms with Crippen molar-refractivity contribution in [3.63, 3.8) is 0 Å². The van der Waals surface area contributed by atoms with E-state index in [0.717, 1.165) is 4.70 Å². The summed E-state index contributed by atoms with van der Waals surface area (Å²) in [5, 5.41) is 0.500. The molecule has 2 rings (SSSR count). The maximum absolute atomic E-state index is 12.0. The zero-order valence-electron chi connectivity index (χ0n) is 6.71. The predicted molar refractivity (Wildman–Crippen MR) is 56.5 cm³/mol. The molecule has 0 saturated heterocycles. The molecule has 0 bridgehead atoms. The number of hydrogen-bond acceptors (Lipinski definition) is 3. The zero-order valence-corrected chi connectivity index (χ0v) is 9.10. The quantitative estimate of drug-likeness (QED) is 0.740. The maximum Gasteiger partial charge on any atom is 0.291 e. The maximum atomic E-state index is 12.0. The second-order valence-corrected chi connectivity index (χ2v) is 5.12. The third kappa shape index (κ3) is 1.99. The highest BCUT2D eigenvalue weighted by Crippen LogP contribution is 2.35. The summed E-state index contributed by atoms with van der Waals surface area (Å²) in [5.41, 5.74) is 0.599. The summed E-state index contributed by atoms with van der Waals surface area (Å²) in [6, 6.07) is 5.29. The molecule has 0 aliphatic rings. The summed E-state index contributed by atoms with van der Waals surface area (Å²) in [5.74, 6) is -2.44. The van der Waals surface area contributed by atoms with E-state index in [1.54, 1.807) is 12.1 Å². The van der Waals surface area contributed by atoms with Gasteiger partial charge in [0.1, 0.15) is 5.52 Å². The van der Waals surface area contributed by atoms with Gasteiger partial charge in [-0.05, 0) is 23.9 Å². The Kier molecular flexibility index (Phi) is 2.90. The average Bonchev–Trinajstić information content (AvgIpc) is 2.47. The van der Waals surface area contributed by atoms with Crippen LogP contribution in [0.5, 0.6) is 0 Å². The fraction of sp³-hybridized carbons (Fsp3) is 0.125. The Bertz CT molecular complexity index is 458. The van der Waals surface area contributed by atoms with E-state index in [4.69, 9.17) is 11.6 Å². The minimum atomic E-state index is -2.44.